The summed E-state index contributed by atoms with van der Waals surface area (Å²) in [5.41, 5.74) is 14.3. The molecule has 0 unspecified atom stereocenters. The normalized spacial score (nSPS) is 17.5. The first-order valence-corrected chi connectivity index (χ1v) is 9.90. The van der Waals surface area contributed by atoms with Gasteiger partial charge in [0.15, 0.2) is 0 Å². The lowest BCUT2D eigenvalue weighted by atomic mass is 9.95. The second-order valence-electron chi connectivity index (χ2n) is 7.79. The molecule has 8 heteroatoms. The van der Waals surface area contributed by atoms with E-state index in [-0.39, 0.29) is 17.8 Å². The molecule has 0 radical (unpaired) electrons. The minimum Gasteiger partial charge on any atom is -0.384 e. The highest BCUT2D eigenvalue weighted by atomic mass is 16.1. The molecule has 2 fully saturated rings. The molecule has 1 aliphatic heterocycles. The van der Waals surface area contributed by atoms with Gasteiger partial charge in [-0.1, -0.05) is 0 Å². The number of hydrogen-bond donors (Lipinski definition) is 3. The van der Waals surface area contributed by atoms with Crippen molar-refractivity contribution in [1.82, 2.24) is 20.3 Å². The monoisotopic (exact) mass is 381 g/mol. The van der Waals surface area contributed by atoms with Gasteiger partial charge in [-0.2, -0.15) is 4.98 Å². The average Bonchev–Trinajstić information content (AvgIpc) is 3.51. The van der Waals surface area contributed by atoms with Crippen LogP contribution in [0.5, 0.6) is 0 Å². The first-order chi connectivity index (χ1) is 13.5. The summed E-state index contributed by atoms with van der Waals surface area (Å²) in [5.74, 6) is 2.48. The third-order valence-corrected chi connectivity index (χ3v) is 5.59. The Balaban J connectivity index is 1.51. The van der Waals surface area contributed by atoms with Gasteiger partial charge in [0.1, 0.15) is 11.6 Å². The van der Waals surface area contributed by atoms with Crippen molar-refractivity contribution in [2.24, 2.45) is 11.8 Å². The third kappa shape index (κ3) is 4.00. The quantitative estimate of drug-likeness (QED) is 0.721. The lowest BCUT2D eigenvalue weighted by molar-refractivity contribution is -0.125. The maximum atomic E-state index is 12.4. The molecule has 1 saturated heterocycles. The third-order valence-electron chi connectivity index (χ3n) is 5.59. The maximum absolute atomic E-state index is 12.4. The van der Waals surface area contributed by atoms with Crippen LogP contribution in [0.15, 0.2) is 18.3 Å². The van der Waals surface area contributed by atoms with Gasteiger partial charge in [-0.3, -0.25) is 4.79 Å². The summed E-state index contributed by atoms with van der Waals surface area (Å²) in [6.07, 6.45) is 5.84. The molecule has 2 aromatic rings. The number of anilines is 3. The number of nitrogen functional groups attached to an aromatic ring is 2. The van der Waals surface area contributed by atoms with Gasteiger partial charge in [-0.25, -0.2) is 9.97 Å². The van der Waals surface area contributed by atoms with Crippen LogP contribution in [-0.2, 0) is 4.79 Å². The van der Waals surface area contributed by atoms with E-state index in [2.05, 4.69) is 25.2 Å². The van der Waals surface area contributed by atoms with Gasteiger partial charge < -0.3 is 21.7 Å². The number of rotatable bonds is 5. The predicted octanol–water partition coefficient (Wildman–Crippen LogP) is 1.75. The minimum atomic E-state index is 0.0666. The molecule has 5 N–H and O–H groups in total. The molecule has 0 spiro atoms. The van der Waals surface area contributed by atoms with Crippen LogP contribution in [0.2, 0.25) is 0 Å². The predicted molar refractivity (Wildman–Crippen MR) is 109 cm³/mol. The van der Waals surface area contributed by atoms with E-state index in [9.17, 15) is 4.79 Å². The lowest BCUT2D eigenvalue weighted by Crippen LogP contribution is -2.41. The van der Waals surface area contributed by atoms with Crippen LogP contribution in [-0.4, -0.2) is 40.5 Å². The summed E-state index contributed by atoms with van der Waals surface area (Å²) in [4.78, 5) is 27.7. The Bertz CT molecular complexity index is 856. The van der Waals surface area contributed by atoms with Gasteiger partial charge in [-0.05, 0) is 50.7 Å². The summed E-state index contributed by atoms with van der Waals surface area (Å²) >= 11 is 0. The molecule has 8 nitrogen and oxygen atoms in total. The van der Waals surface area contributed by atoms with Gasteiger partial charge in [-0.15, -0.1) is 0 Å². The van der Waals surface area contributed by atoms with E-state index in [0.29, 0.717) is 11.7 Å². The lowest BCUT2D eigenvalue weighted by Gasteiger charge is -2.33. The largest absolute Gasteiger partial charge is 0.384 e. The van der Waals surface area contributed by atoms with Gasteiger partial charge in [0.2, 0.25) is 11.9 Å². The summed E-state index contributed by atoms with van der Waals surface area (Å²) in [5, 5.41) is 3.11. The number of aromatic nitrogens is 3. The Kier molecular flexibility index (Phi) is 5.02. The minimum absolute atomic E-state index is 0.0666. The first kappa shape index (κ1) is 18.5. The Hall–Kier alpha value is -2.90. The van der Waals surface area contributed by atoms with Crippen LogP contribution in [0, 0.1) is 18.8 Å². The van der Waals surface area contributed by atoms with Gasteiger partial charge in [0.05, 0.1) is 5.69 Å². The van der Waals surface area contributed by atoms with Crippen LogP contribution in [0.1, 0.15) is 31.4 Å². The molecule has 28 heavy (non-hydrogen) atoms. The van der Waals surface area contributed by atoms with Crippen LogP contribution in [0.3, 0.4) is 0 Å². The molecule has 0 bridgehead atoms. The van der Waals surface area contributed by atoms with Crippen LogP contribution < -0.4 is 21.7 Å². The number of carbonyl (C=O) groups is 1. The van der Waals surface area contributed by atoms with E-state index in [1.165, 1.54) is 12.8 Å². The fourth-order valence-electron chi connectivity index (χ4n) is 3.76. The molecule has 4 rings (SSSR count). The smallest absolute Gasteiger partial charge is 0.223 e. The second-order valence-corrected chi connectivity index (χ2v) is 7.79. The van der Waals surface area contributed by atoms with Crippen LogP contribution in [0.4, 0.5) is 17.6 Å². The molecule has 0 atom stereocenters. The zero-order chi connectivity index (χ0) is 19.7. The van der Waals surface area contributed by atoms with Crippen molar-refractivity contribution in [3.05, 3.63) is 24.0 Å². The molecular formula is C20H27N7O. The molecule has 3 heterocycles. The maximum Gasteiger partial charge on any atom is 0.223 e. The Labute approximate surface area is 164 Å². The number of hydrogen-bond acceptors (Lipinski definition) is 7. The van der Waals surface area contributed by atoms with Crippen molar-refractivity contribution in [2.45, 2.75) is 32.6 Å². The first-order valence-electron chi connectivity index (χ1n) is 9.90. The number of nitrogens with two attached hydrogens (primary N) is 2. The van der Waals surface area contributed by atoms with Crippen molar-refractivity contribution in [1.29, 1.82) is 0 Å². The van der Waals surface area contributed by atoms with E-state index >= 15 is 0 Å². The Morgan fingerprint density at radius 1 is 1.18 bits per heavy atom. The fraction of sp³-hybridized carbons (Fsp3) is 0.500. The van der Waals surface area contributed by atoms with Crippen LogP contribution >= 0.6 is 0 Å². The van der Waals surface area contributed by atoms with Gasteiger partial charge >= 0.3 is 0 Å². The molecule has 1 amide bonds. The molecule has 1 saturated carbocycles. The van der Waals surface area contributed by atoms with Crippen molar-refractivity contribution in [2.75, 3.05) is 36.0 Å². The summed E-state index contributed by atoms with van der Waals surface area (Å²) in [6, 6.07) is 3.69. The molecule has 2 aliphatic rings. The zero-order valence-electron chi connectivity index (χ0n) is 16.2. The highest BCUT2D eigenvalue weighted by Crippen LogP contribution is 2.34. The van der Waals surface area contributed by atoms with E-state index < -0.39 is 0 Å². The number of carbonyl (C=O) groups excluding carboxylic acids is 1. The van der Waals surface area contributed by atoms with Crippen molar-refractivity contribution in [3.63, 3.8) is 0 Å². The molecule has 1 aliphatic carbocycles. The fourth-order valence-corrected chi connectivity index (χ4v) is 3.76. The SMILES string of the molecule is Cc1nc(N)nc(N2CCC(C(=O)NCC3CC3)CC2)c1-c1ccc(N)nc1. The highest BCUT2D eigenvalue weighted by molar-refractivity contribution is 5.80. The Morgan fingerprint density at radius 3 is 2.57 bits per heavy atom. The van der Waals surface area contributed by atoms with Crippen molar-refractivity contribution >= 4 is 23.5 Å². The number of aryl methyl sites for hydroxylation is 1. The number of nitrogens with zero attached hydrogens (tertiary/aromatic N) is 4. The second kappa shape index (κ2) is 7.61. The number of nitrogens with one attached hydrogen (secondary N) is 1. The summed E-state index contributed by atoms with van der Waals surface area (Å²) in [7, 11) is 0. The molecular weight excluding hydrogens is 354 g/mol. The Morgan fingerprint density at radius 2 is 1.93 bits per heavy atom. The van der Waals surface area contributed by atoms with Gasteiger partial charge in [0.25, 0.3) is 0 Å². The standard InChI is InChI=1S/C20H27N7O/c1-12-17(15-4-5-16(21)23-11-15)18(26-20(22)25-12)27-8-6-14(7-9-27)19(28)24-10-13-2-3-13/h4-5,11,13-14H,2-3,6-10H2,1H3,(H2,21,23)(H,24,28)(H2,22,25,26). The number of amides is 1. The topological polar surface area (TPSA) is 123 Å². The zero-order valence-corrected chi connectivity index (χ0v) is 16.2. The molecule has 2 aromatic heterocycles. The van der Waals surface area contributed by atoms with Crippen LogP contribution in [0.25, 0.3) is 11.1 Å². The molecule has 148 valence electrons. The molecule has 0 aromatic carbocycles. The number of pyridine rings is 1. The average molecular weight is 381 g/mol. The number of piperidine rings is 1. The summed E-state index contributed by atoms with van der Waals surface area (Å²) in [6.45, 7) is 4.26. The van der Waals surface area contributed by atoms with E-state index in [0.717, 1.165) is 55.1 Å². The van der Waals surface area contributed by atoms with E-state index in [1.807, 2.05) is 13.0 Å². The van der Waals surface area contributed by atoms with E-state index in [4.69, 9.17) is 11.5 Å². The van der Waals surface area contributed by atoms with E-state index in [1.54, 1.807) is 12.3 Å². The van der Waals surface area contributed by atoms with Crippen molar-refractivity contribution in [3.8, 4) is 11.1 Å². The van der Waals surface area contributed by atoms with Crippen molar-refractivity contribution < 1.29 is 4.79 Å². The summed E-state index contributed by atoms with van der Waals surface area (Å²) < 4.78 is 0. The highest BCUT2D eigenvalue weighted by Gasteiger charge is 2.29. The van der Waals surface area contributed by atoms with Gasteiger partial charge in [0, 0.05) is 42.9 Å².